The van der Waals surface area contributed by atoms with Crippen LogP contribution in [0.2, 0.25) is 0 Å². The Morgan fingerprint density at radius 3 is 2.87 bits per heavy atom. The van der Waals surface area contributed by atoms with Crippen LogP contribution in [0.4, 0.5) is 0 Å². The van der Waals surface area contributed by atoms with Crippen LogP contribution < -0.4 is 4.74 Å². The molecule has 3 N–H and O–H groups in total. The molecule has 30 heavy (non-hydrogen) atoms. The number of hydrogen-bond acceptors (Lipinski definition) is 4. The van der Waals surface area contributed by atoms with Crippen molar-refractivity contribution in [3.05, 3.63) is 41.5 Å². The molecule has 6 atom stereocenters. The number of rotatable bonds is 8. The SMILES string of the molecule is CC#CCC(C)[C@H](O)/C=C/[C@@H]1[C@H]2c3cccc(CCCC(=O)O)c3O[C@H]2C[C@H]1O.[NaH]. The van der Waals surface area contributed by atoms with Crippen molar-refractivity contribution >= 4 is 35.5 Å². The van der Waals surface area contributed by atoms with Crippen LogP contribution in [0.15, 0.2) is 30.4 Å². The molecule has 0 aromatic heterocycles. The second-order valence-corrected chi connectivity index (χ2v) is 8.13. The van der Waals surface area contributed by atoms with Crippen LogP contribution in [0.5, 0.6) is 5.75 Å². The molecule has 2 aliphatic rings. The Morgan fingerprint density at radius 2 is 2.17 bits per heavy atom. The maximum atomic E-state index is 10.8. The number of carbonyl (C=O) groups is 1. The van der Waals surface area contributed by atoms with Crippen molar-refractivity contribution in [3.63, 3.8) is 0 Å². The molecule has 158 valence electrons. The van der Waals surface area contributed by atoms with Gasteiger partial charge in [0.15, 0.2) is 0 Å². The number of benzene rings is 1. The zero-order valence-corrected chi connectivity index (χ0v) is 17.0. The number of ether oxygens (including phenoxy) is 1. The zero-order chi connectivity index (χ0) is 21.0. The van der Waals surface area contributed by atoms with E-state index in [4.69, 9.17) is 9.84 Å². The van der Waals surface area contributed by atoms with Gasteiger partial charge in [-0.25, -0.2) is 0 Å². The molecule has 1 heterocycles. The molecule has 0 saturated heterocycles. The Morgan fingerprint density at radius 1 is 1.40 bits per heavy atom. The van der Waals surface area contributed by atoms with E-state index in [1.807, 2.05) is 31.2 Å². The fourth-order valence-electron chi connectivity index (χ4n) is 4.41. The van der Waals surface area contributed by atoms with Crippen molar-refractivity contribution < 1.29 is 24.9 Å². The van der Waals surface area contributed by atoms with E-state index in [0.29, 0.717) is 25.7 Å². The van der Waals surface area contributed by atoms with Gasteiger partial charge in [0, 0.05) is 36.7 Å². The number of hydrogen-bond donors (Lipinski definition) is 3. The molecule has 1 saturated carbocycles. The summed E-state index contributed by atoms with van der Waals surface area (Å²) in [5.74, 6) is 5.87. The third-order valence-corrected chi connectivity index (χ3v) is 6.04. The van der Waals surface area contributed by atoms with Gasteiger partial charge in [-0.05, 0) is 31.2 Å². The Bertz CT molecular complexity index is 825. The van der Waals surface area contributed by atoms with E-state index in [-0.39, 0.29) is 59.8 Å². The minimum absolute atomic E-state index is 0. The number of aliphatic hydroxyl groups is 2. The van der Waals surface area contributed by atoms with Crippen LogP contribution in [-0.2, 0) is 11.2 Å². The molecule has 0 bridgehead atoms. The summed E-state index contributed by atoms with van der Waals surface area (Å²) in [6.07, 6.45) is 5.07. The number of para-hydroxylation sites is 1. The molecule has 1 unspecified atom stereocenters. The summed E-state index contributed by atoms with van der Waals surface area (Å²) in [5.41, 5.74) is 2.11. The molecule has 6 heteroatoms. The number of aliphatic hydroxyl groups excluding tert-OH is 2. The number of carboxylic acid groups (broad SMARTS) is 1. The molecule has 0 spiro atoms. The van der Waals surface area contributed by atoms with Crippen molar-refractivity contribution in [1.82, 2.24) is 0 Å². The van der Waals surface area contributed by atoms with E-state index in [1.54, 1.807) is 13.0 Å². The van der Waals surface area contributed by atoms with Gasteiger partial charge < -0.3 is 20.1 Å². The van der Waals surface area contributed by atoms with Gasteiger partial charge in [-0.2, -0.15) is 0 Å². The molecule has 3 rings (SSSR count). The fourth-order valence-corrected chi connectivity index (χ4v) is 4.41. The average Bonchev–Trinajstić information content (AvgIpc) is 3.19. The summed E-state index contributed by atoms with van der Waals surface area (Å²) < 4.78 is 6.21. The van der Waals surface area contributed by atoms with Crippen LogP contribution in [0.25, 0.3) is 0 Å². The molecular formula is C24H31NaO5. The van der Waals surface area contributed by atoms with E-state index >= 15 is 0 Å². The molecule has 1 aliphatic heterocycles. The normalized spacial score (nSPS) is 26.0. The Hall–Kier alpha value is -1.29. The Labute approximate surface area is 200 Å². The molecular weight excluding hydrogens is 391 g/mol. The average molecular weight is 422 g/mol. The number of aliphatic carboxylic acids is 1. The number of fused-ring (bicyclic) bond motifs is 3. The first-order valence-electron chi connectivity index (χ1n) is 10.4. The van der Waals surface area contributed by atoms with Gasteiger partial charge in [0.25, 0.3) is 0 Å². The van der Waals surface area contributed by atoms with Crippen molar-refractivity contribution in [3.8, 4) is 17.6 Å². The van der Waals surface area contributed by atoms with Crippen molar-refractivity contribution in [2.24, 2.45) is 11.8 Å². The van der Waals surface area contributed by atoms with Gasteiger partial charge in [0.1, 0.15) is 11.9 Å². The van der Waals surface area contributed by atoms with Gasteiger partial charge in [-0.1, -0.05) is 37.3 Å². The van der Waals surface area contributed by atoms with Crippen LogP contribution in [0, 0.1) is 23.7 Å². The summed E-state index contributed by atoms with van der Waals surface area (Å²) in [6.45, 7) is 3.75. The summed E-state index contributed by atoms with van der Waals surface area (Å²) in [5, 5.41) is 29.9. The van der Waals surface area contributed by atoms with Crippen LogP contribution in [0.1, 0.15) is 56.6 Å². The van der Waals surface area contributed by atoms with Crippen molar-refractivity contribution in [2.45, 2.75) is 70.2 Å². The van der Waals surface area contributed by atoms with Crippen molar-refractivity contribution in [1.29, 1.82) is 0 Å². The van der Waals surface area contributed by atoms with Gasteiger partial charge in [-0.15, -0.1) is 11.8 Å². The third kappa shape index (κ3) is 5.69. The quantitative estimate of drug-likeness (QED) is 0.341. The van der Waals surface area contributed by atoms with Crippen LogP contribution >= 0.6 is 0 Å². The van der Waals surface area contributed by atoms with Crippen LogP contribution in [0.3, 0.4) is 0 Å². The standard InChI is InChI=1S/C24H30O5.Na.H/c1-3-4-7-15(2)19(25)13-12-17-20(26)14-21-23(17)18-10-5-8-16(24(18)29-21)9-6-11-22(27)28;;/h5,8,10,12-13,15,17,19-21,23,25-26H,6-7,9,11,14H2,1-2H3,(H,27,28);;/b13-12+;;/t15?,17-,19+,20+,21-,23-;;/m0../s1. The summed E-state index contributed by atoms with van der Waals surface area (Å²) in [4.78, 5) is 10.8. The first kappa shape index (κ1) is 25.0. The Balaban J connectivity index is 0.00000320. The molecule has 1 aromatic carbocycles. The van der Waals surface area contributed by atoms with Gasteiger partial charge in [0.05, 0.1) is 12.2 Å². The monoisotopic (exact) mass is 422 g/mol. The zero-order valence-electron chi connectivity index (χ0n) is 17.0. The maximum absolute atomic E-state index is 10.8. The topological polar surface area (TPSA) is 87.0 Å². The fraction of sp³-hybridized carbons (Fsp3) is 0.542. The predicted octanol–water partition coefficient (Wildman–Crippen LogP) is 2.64. The van der Waals surface area contributed by atoms with E-state index in [1.165, 1.54) is 0 Å². The summed E-state index contributed by atoms with van der Waals surface area (Å²) in [7, 11) is 0. The molecule has 0 radical (unpaired) electrons. The van der Waals surface area contributed by atoms with Crippen LogP contribution in [-0.4, -0.2) is 69.2 Å². The number of aryl methyl sites for hydroxylation is 1. The van der Waals surface area contributed by atoms with E-state index in [0.717, 1.165) is 16.9 Å². The molecule has 1 fully saturated rings. The number of carboxylic acids is 1. The molecule has 5 nitrogen and oxygen atoms in total. The summed E-state index contributed by atoms with van der Waals surface area (Å²) in [6, 6.07) is 6.01. The van der Waals surface area contributed by atoms with Gasteiger partial charge in [0.2, 0.25) is 0 Å². The first-order chi connectivity index (χ1) is 13.9. The minimum atomic E-state index is -0.790. The van der Waals surface area contributed by atoms with E-state index in [9.17, 15) is 15.0 Å². The second-order valence-electron chi connectivity index (χ2n) is 8.13. The van der Waals surface area contributed by atoms with E-state index < -0.39 is 18.2 Å². The third-order valence-electron chi connectivity index (χ3n) is 6.04. The second kappa shape index (κ2) is 11.4. The van der Waals surface area contributed by atoms with E-state index in [2.05, 4.69) is 11.8 Å². The Kier molecular flexibility index (Phi) is 9.46. The first-order valence-corrected chi connectivity index (χ1v) is 10.4. The van der Waals surface area contributed by atoms with Gasteiger partial charge in [-0.3, -0.25) is 4.79 Å². The predicted molar refractivity (Wildman–Crippen MR) is 118 cm³/mol. The van der Waals surface area contributed by atoms with Crippen molar-refractivity contribution in [2.75, 3.05) is 0 Å². The molecule has 0 amide bonds. The molecule has 1 aromatic rings. The summed E-state index contributed by atoms with van der Waals surface area (Å²) >= 11 is 0. The molecule has 1 aliphatic carbocycles. The van der Waals surface area contributed by atoms with Gasteiger partial charge >= 0.3 is 35.5 Å².